The minimum atomic E-state index is 0.674. The molecular weight excluding hydrogens is 270 g/mol. The maximum Gasteiger partial charge on any atom is 0.143 e. The van der Waals surface area contributed by atoms with Gasteiger partial charge in [-0.1, -0.05) is 36.9 Å². The van der Waals surface area contributed by atoms with Gasteiger partial charge in [0.25, 0.3) is 0 Å². The fourth-order valence-electron chi connectivity index (χ4n) is 1.77. The van der Waals surface area contributed by atoms with Crippen LogP contribution in [0.2, 0.25) is 0 Å². The quantitative estimate of drug-likeness (QED) is 0.809. The van der Waals surface area contributed by atoms with Crippen molar-refractivity contribution in [3.63, 3.8) is 0 Å². The molecule has 0 amide bonds. The minimum absolute atomic E-state index is 0.674. The molecule has 0 aromatic heterocycles. The third-order valence-electron chi connectivity index (χ3n) is 2.78. The lowest BCUT2D eigenvalue weighted by Gasteiger charge is -2.13. The number of nitrogen functional groups attached to an aromatic ring is 1. The first kappa shape index (κ1) is 14.6. The van der Waals surface area contributed by atoms with Gasteiger partial charge in [0.05, 0.1) is 24.3 Å². The summed E-state index contributed by atoms with van der Waals surface area (Å²) in [7, 11) is 1.67. The van der Waals surface area contributed by atoms with Gasteiger partial charge >= 0.3 is 0 Å². The number of hydrogen-bond donors (Lipinski definition) is 1. The summed E-state index contributed by atoms with van der Waals surface area (Å²) in [6, 6.07) is 13.7. The topological polar surface area (TPSA) is 44.5 Å². The Kier molecular flexibility index (Phi) is 5.18. The van der Waals surface area contributed by atoms with Crippen LogP contribution in [0, 0.1) is 0 Å². The number of hydrogen-bond acceptors (Lipinski definition) is 4. The van der Waals surface area contributed by atoms with Gasteiger partial charge in [-0.25, -0.2) is 0 Å². The van der Waals surface area contributed by atoms with Crippen LogP contribution in [-0.4, -0.2) is 13.7 Å². The Morgan fingerprint density at radius 3 is 2.45 bits per heavy atom. The Hall–Kier alpha value is -1.81. The van der Waals surface area contributed by atoms with Crippen molar-refractivity contribution in [3.05, 3.63) is 42.5 Å². The summed E-state index contributed by atoms with van der Waals surface area (Å²) in [5, 5.41) is 0. The zero-order valence-corrected chi connectivity index (χ0v) is 12.6. The van der Waals surface area contributed by atoms with E-state index < -0.39 is 0 Å². The molecule has 20 heavy (non-hydrogen) atoms. The molecular formula is C16H19NO2S. The van der Waals surface area contributed by atoms with Gasteiger partial charge in [0.15, 0.2) is 0 Å². The van der Waals surface area contributed by atoms with Crippen molar-refractivity contribution in [1.29, 1.82) is 0 Å². The Bertz CT molecular complexity index is 572. The van der Waals surface area contributed by atoms with E-state index in [-0.39, 0.29) is 0 Å². The van der Waals surface area contributed by atoms with Crippen LogP contribution >= 0.6 is 11.8 Å². The van der Waals surface area contributed by atoms with E-state index in [9.17, 15) is 0 Å². The summed E-state index contributed by atoms with van der Waals surface area (Å²) in [5.74, 6) is 1.59. The highest BCUT2D eigenvalue weighted by molar-refractivity contribution is 7.99. The Morgan fingerprint density at radius 1 is 1.00 bits per heavy atom. The van der Waals surface area contributed by atoms with E-state index in [1.165, 1.54) is 0 Å². The highest BCUT2D eigenvalue weighted by Crippen LogP contribution is 2.40. The molecule has 0 radical (unpaired) electrons. The lowest BCUT2D eigenvalue weighted by Crippen LogP contribution is -2.00. The summed E-state index contributed by atoms with van der Waals surface area (Å²) in [6.07, 6.45) is 0.962. The van der Waals surface area contributed by atoms with Gasteiger partial charge < -0.3 is 15.2 Å². The van der Waals surface area contributed by atoms with Gasteiger partial charge in [-0.15, -0.1) is 0 Å². The van der Waals surface area contributed by atoms with Crippen LogP contribution in [0.25, 0.3) is 0 Å². The van der Waals surface area contributed by atoms with Crippen LogP contribution in [0.1, 0.15) is 13.3 Å². The van der Waals surface area contributed by atoms with Crippen LogP contribution in [-0.2, 0) is 0 Å². The average Bonchev–Trinajstić information content (AvgIpc) is 2.48. The number of anilines is 1. The zero-order chi connectivity index (χ0) is 14.4. The maximum atomic E-state index is 6.18. The first-order chi connectivity index (χ1) is 9.76. The van der Waals surface area contributed by atoms with E-state index >= 15 is 0 Å². The molecule has 0 aliphatic rings. The van der Waals surface area contributed by atoms with E-state index in [0.717, 1.165) is 27.7 Å². The molecule has 0 aliphatic carbocycles. The first-order valence-electron chi connectivity index (χ1n) is 6.58. The first-order valence-corrected chi connectivity index (χ1v) is 7.40. The molecule has 0 heterocycles. The third kappa shape index (κ3) is 3.39. The minimum Gasteiger partial charge on any atom is -0.496 e. The second-order valence-corrected chi connectivity index (χ2v) is 5.35. The van der Waals surface area contributed by atoms with Crippen LogP contribution in [0.3, 0.4) is 0 Å². The van der Waals surface area contributed by atoms with Gasteiger partial charge in [0.2, 0.25) is 0 Å². The smallest absolute Gasteiger partial charge is 0.143 e. The summed E-state index contributed by atoms with van der Waals surface area (Å²) in [6.45, 7) is 2.75. The fraction of sp³-hybridized carbons (Fsp3) is 0.250. The second kappa shape index (κ2) is 7.10. The summed E-state index contributed by atoms with van der Waals surface area (Å²) in [4.78, 5) is 2.01. The predicted octanol–water partition coefficient (Wildman–Crippen LogP) is 4.22. The number of ether oxygens (including phenoxy) is 2. The lowest BCUT2D eigenvalue weighted by atomic mass is 10.3. The number of para-hydroxylation sites is 2. The number of benzene rings is 2. The molecule has 0 unspecified atom stereocenters. The van der Waals surface area contributed by atoms with E-state index in [4.69, 9.17) is 15.2 Å². The molecule has 0 aliphatic heterocycles. The predicted molar refractivity (Wildman–Crippen MR) is 83.8 cm³/mol. The molecule has 0 atom stereocenters. The molecule has 3 nitrogen and oxygen atoms in total. The molecule has 2 rings (SSSR count). The van der Waals surface area contributed by atoms with Crippen molar-refractivity contribution in [2.24, 2.45) is 0 Å². The standard InChI is InChI=1S/C16H19NO2S/c1-3-11-19-13-8-6-10-15(16(13)17)20-14-9-5-4-7-12(14)18-2/h4-10H,3,11,17H2,1-2H3. The van der Waals surface area contributed by atoms with Crippen LogP contribution < -0.4 is 15.2 Å². The highest BCUT2D eigenvalue weighted by Gasteiger charge is 2.10. The Balaban J connectivity index is 2.25. The van der Waals surface area contributed by atoms with E-state index in [2.05, 4.69) is 6.92 Å². The maximum absolute atomic E-state index is 6.18. The largest absolute Gasteiger partial charge is 0.496 e. The van der Waals surface area contributed by atoms with Crippen molar-refractivity contribution in [3.8, 4) is 11.5 Å². The van der Waals surface area contributed by atoms with Crippen molar-refractivity contribution in [2.45, 2.75) is 23.1 Å². The van der Waals surface area contributed by atoms with Crippen molar-refractivity contribution < 1.29 is 9.47 Å². The number of nitrogens with two attached hydrogens (primary N) is 1. The molecule has 0 bridgehead atoms. The van der Waals surface area contributed by atoms with Gasteiger partial charge in [-0.05, 0) is 30.7 Å². The Labute approximate surface area is 124 Å². The summed E-state index contributed by atoms with van der Waals surface area (Å²) in [5.41, 5.74) is 6.85. The van der Waals surface area contributed by atoms with Crippen LogP contribution in [0.5, 0.6) is 11.5 Å². The monoisotopic (exact) mass is 289 g/mol. The van der Waals surface area contributed by atoms with Crippen molar-refractivity contribution in [2.75, 3.05) is 19.5 Å². The van der Waals surface area contributed by atoms with Gasteiger partial charge in [-0.3, -0.25) is 0 Å². The van der Waals surface area contributed by atoms with E-state index in [1.54, 1.807) is 18.9 Å². The molecule has 2 N–H and O–H groups in total. The molecule has 0 fully saturated rings. The molecule has 0 spiro atoms. The van der Waals surface area contributed by atoms with Crippen molar-refractivity contribution >= 4 is 17.4 Å². The number of rotatable bonds is 6. The van der Waals surface area contributed by atoms with Gasteiger partial charge in [0, 0.05) is 4.90 Å². The van der Waals surface area contributed by atoms with E-state index in [1.807, 2.05) is 42.5 Å². The average molecular weight is 289 g/mol. The third-order valence-corrected chi connectivity index (χ3v) is 3.91. The van der Waals surface area contributed by atoms with Crippen LogP contribution in [0.4, 0.5) is 5.69 Å². The SMILES string of the molecule is CCCOc1cccc(Sc2ccccc2OC)c1N. The number of methoxy groups -OCH3 is 1. The Morgan fingerprint density at radius 2 is 1.70 bits per heavy atom. The van der Waals surface area contributed by atoms with Gasteiger partial charge in [-0.2, -0.15) is 0 Å². The zero-order valence-electron chi connectivity index (χ0n) is 11.8. The summed E-state index contributed by atoms with van der Waals surface area (Å²) < 4.78 is 11.0. The molecule has 106 valence electrons. The molecule has 0 saturated heterocycles. The summed E-state index contributed by atoms with van der Waals surface area (Å²) >= 11 is 1.58. The fourth-order valence-corrected chi connectivity index (χ4v) is 2.77. The highest BCUT2D eigenvalue weighted by atomic mass is 32.2. The lowest BCUT2D eigenvalue weighted by molar-refractivity contribution is 0.318. The molecule has 0 saturated carbocycles. The molecule has 2 aromatic carbocycles. The second-order valence-electron chi connectivity index (χ2n) is 4.27. The molecule has 4 heteroatoms. The van der Waals surface area contributed by atoms with Crippen LogP contribution in [0.15, 0.2) is 52.3 Å². The van der Waals surface area contributed by atoms with Crippen molar-refractivity contribution in [1.82, 2.24) is 0 Å². The van der Waals surface area contributed by atoms with E-state index in [0.29, 0.717) is 12.3 Å². The normalized spacial score (nSPS) is 10.3. The molecule has 2 aromatic rings. The van der Waals surface area contributed by atoms with Gasteiger partial charge in [0.1, 0.15) is 11.5 Å².